The van der Waals surface area contributed by atoms with E-state index in [1.807, 2.05) is 30.7 Å². The van der Waals surface area contributed by atoms with Crippen LogP contribution in [0.15, 0.2) is 53.7 Å². The highest BCUT2D eigenvalue weighted by Gasteiger charge is 2.18. The normalized spacial score (nSPS) is 12.0. The molecule has 3 aromatic rings. The first-order valence-corrected chi connectivity index (χ1v) is 9.67. The molecular weight excluding hydrogens is 363 g/mol. The molecule has 1 aromatic heterocycles. The molecular formula is C20H21FN4OS. The third kappa shape index (κ3) is 4.36. The van der Waals surface area contributed by atoms with Crippen molar-refractivity contribution in [3.63, 3.8) is 0 Å². The van der Waals surface area contributed by atoms with E-state index in [-0.39, 0.29) is 17.8 Å². The molecule has 5 nitrogen and oxygen atoms in total. The van der Waals surface area contributed by atoms with Gasteiger partial charge in [0.15, 0.2) is 11.0 Å². The Hall–Kier alpha value is -2.67. The van der Waals surface area contributed by atoms with Crippen molar-refractivity contribution in [2.45, 2.75) is 25.0 Å². The number of amides is 1. The quantitative estimate of drug-likeness (QED) is 0.647. The van der Waals surface area contributed by atoms with Gasteiger partial charge in [0, 0.05) is 12.6 Å². The SMILES string of the molecule is CCSc1nnc(C(C)NC(=O)c2cccc(-c3ccc(F)cc3)c2)n1C. The molecule has 1 unspecified atom stereocenters. The van der Waals surface area contributed by atoms with E-state index in [2.05, 4.69) is 22.4 Å². The average Bonchev–Trinajstić information content (AvgIpc) is 3.03. The van der Waals surface area contributed by atoms with Crippen LogP contribution < -0.4 is 5.32 Å². The van der Waals surface area contributed by atoms with Crippen molar-refractivity contribution in [2.24, 2.45) is 7.05 Å². The summed E-state index contributed by atoms with van der Waals surface area (Å²) in [5.41, 5.74) is 2.25. The maximum Gasteiger partial charge on any atom is 0.251 e. The fourth-order valence-corrected chi connectivity index (χ4v) is 3.43. The van der Waals surface area contributed by atoms with Gasteiger partial charge in [0.05, 0.1) is 6.04 Å². The van der Waals surface area contributed by atoms with Crippen LogP contribution in [0.1, 0.15) is 36.1 Å². The van der Waals surface area contributed by atoms with E-state index < -0.39 is 0 Å². The summed E-state index contributed by atoms with van der Waals surface area (Å²) in [6.07, 6.45) is 0. The summed E-state index contributed by atoms with van der Waals surface area (Å²) in [5, 5.41) is 12.1. The van der Waals surface area contributed by atoms with Crippen molar-refractivity contribution in [3.05, 3.63) is 65.7 Å². The number of hydrogen-bond acceptors (Lipinski definition) is 4. The molecule has 7 heteroatoms. The Kier molecular flexibility index (Phi) is 5.91. The molecule has 0 bridgehead atoms. The first kappa shape index (κ1) is 19.1. The van der Waals surface area contributed by atoms with Crippen LogP contribution in [-0.2, 0) is 7.05 Å². The van der Waals surface area contributed by atoms with E-state index in [4.69, 9.17) is 0 Å². The Balaban J connectivity index is 1.76. The van der Waals surface area contributed by atoms with Crippen LogP contribution in [0, 0.1) is 5.82 Å². The van der Waals surface area contributed by atoms with E-state index in [1.54, 1.807) is 36.0 Å². The molecule has 0 saturated carbocycles. The molecule has 0 fully saturated rings. The van der Waals surface area contributed by atoms with Gasteiger partial charge >= 0.3 is 0 Å². The maximum atomic E-state index is 13.1. The number of benzene rings is 2. The van der Waals surface area contributed by atoms with Gasteiger partial charge in [-0.3, -0.25) is 4.79 Å². The summed E-state index contributed by atoms with van der Waals surface area (Å²) in [6.45, 7) is 3.93. The van der Waals surface area contributed by atoms with Gasteiger partial charge in [-0.05, 0) is 48.1 Å². The highest BCUT2D eigenvalue weighted by atomic mass is 32.2. The molecule has 0 spiro atoms. The molecule has 1 amide bonds. The zero-order valence-electron chi connectivity index (χ0n) is 15.4. The fraction of sp³-hybridized carbons (Fsp3) is 0.250. The molecule has 3 rings (SSSR count). The van der Waals surface area contributed by atoms with Crippen LogP contribution in [0.2, 0.25) is 0 Å². The van der Waals surface area contributed by atoms with Crippen LogP contribution in [0.5, 0.6) is 0 Å². The number of carbonyl (C=O) groups is 1. The zero-order valence-corrected chi connectivity index (χ0v) is 16.3. The lowest BCUT2D eigenvalue weighted by Gasteiger charge is -2.14. The van der Waals surface area contributed by atoms with Gasteiger partial charge in [-0.1, -0.05) is 43.0 Å². The van der Waals surface area contributed by atoms with E-state index in [9.17, 15) is 9.18 Å². The third-order valence-electron chi connectivity index (χ3n) is 4.18. The number of nitrogens with zero attached hydrogens (tertiary/aromatic N) is 3. The molecule has 1 heterocycles. The predicted molar refractivity (Wildman–Crippen MR) is 105 cm³/mol. The van der Waals surface area contributed by atoms with Gasteiger partial charge in [-0.2, -0.15) is 0 Å². The second-order valence-electron chi connectivity index (χ2n) is 6.12. The van der Waals surface area contributed by atoms with Crippen LogP contribution in [0.25, 0.3) is 11.1 Å². The molecule has 140 valence electrons. The van der Waals surface area contributed by atoms with Crippen molar-refractivity contribution in [3.8, 4) is 11.1 Å². The molecule has 27 heavy (non-hydrogen) atoms. The van der Waals surface area contributed by atoms with Crippen molar-refractivity contribution in [1.82, 2.24) is 20.1 Å². The number of halogens is 1. The summed E-state index contributed by atoms with van der Waals surface area (Å²) in [4.78, 5) is 12.7. The van der Waals surface area contributed by atoms with Crippen molar-refractivity contribution < 1.29 is 9.18 Å². The van der Waals surface area contributed by atoms with Gasteiger partial charge in [0.25, 0.3) is 5.91 Å². The average molecular weight is 384 g/mol. The van der Waals surface area contributed by atoms with Crippen molar-refractivity contribution in [2.75, 3.05) is 5.75 Å². The van der Waals surface area contributed by atoms with Crippen LogP contribution in [0.3, 0.4) is 0 Å². The predicted octanol–water partition coefficient (Wildman–Crippen LogP) is 4.22. The second-order valence-corrected chi connectivity index (χ2v) is 7.35. The van der Waals surface area contributed by atoms with E-state index >= 15 is 0 Å². The fourth-order valence-electron chi connectivity index (χ4n) is 2.78. The minimum absolute atomic E-state index is 0.195. The lowest BCUT2D eigenvalue weighted by Crippen LogP contribution is -2.28. The molecule has 2 aromatic carbocycles. The van der Waals surface area contributed by atoms with Gasteiger partial charge in [-0.25, -0.2) is 4.39 Å². The van der Waals surface area contributed by atoms with E-state index in [0.29, 0.717) is 11.4 Å². The largest absolute Gasteiger partial charge is 0.342 e. The van der Waals surface area contributed by atoms with E-state index in [1.165, 1.54) is 12.1 Å². The van der Waals surface area contributed by atoms with Crippen LogP contribution in [0.4, 0.5) is 4.39 Å². The van der Waals surface area contributed by atoms with Gasteiger partial charge in [0.2, 0.25) is 0 Å². The summed E-state index contributed by atoms with van der Waals surface area (Å²) < 4.78 is 15.0. The standard InChI is InChI=1S/C20H21FN4OS/c1-4-27-20-24-23-18(25(20)3)13(2)22-19(26)16-7-5-6-15(12-16)14-8-10-17(21)11-9-14/h5-13H,4H2,1-3H3,(H,22,26). The third-order valence-corrected chi connectivity index (χ3v) is 5.08. The monoisotopic (exact) mass is 384 g/mol. The highest BCUT2D eigenvalue weighted by molar-refractivity contribution is 7.99. The summed E-state index contributed by atoms with van der Waals surface area (Å²) in [5.74, 6) is 1.13. The topological polar surface area (TPSA) is 59.8 Å². The summed E-state index contributed by atoms with van der Waals surface area (Å²) in [7, 11) is 1.89. The zero-order chi connectivity index (χ0) is 19.4. The number of rotatable bonds is 6. The Morgan fingerprint density at radius 3 is 2.63 bits per heavy atom. The van der Waals surface area contributed by atoms with Crippen LogP contribution >= 0.6 is 11.8 Å². The van der Waals surface area contributed by atoms with Crippen LogP contribution in [-0.4, -0.2) is 26.4 Å². The number of hydrogen-bond donors (Lipinski definition) is 1. The number of carbonyl (C=O) groups excluding carboxylic acids is 1. The van der Waals surface area contributed by atoms with Gasteiger partial charge < -0.3 is 9.88 Å². The Labute approximate surface area is 162 Å². The van der Waals surface area contributed by atoms with Gasteiger partial charge in [0.1, 0.15) is 5.82 Å². The molecule has 1 N–H and O–H groups in total. The first-order chi connectivity index (χ1) is 13.0. The van der Waals surface area contributed by atoms with Crippen molar-refractivity contribution in [1.29, 1.82) is 0 Å². The molecule has 0 radical (unpaired) electrons. The highest BCUT2D eigenvalue weighted by Crippen LogP contribution is 2.22. The molecule has 0 aliphatic carbocycles. The Bertz CT molecular complexity index is 939. The molecule has 0 aliphatic heterocycles. The molecule has 0 saturated heterocycles. The summed E-state index contributed by atoms with van der Waals surface area (Å²) in [6, 6.07) is 13.2. The number of thioether (sulfide) groups is 1. The Morgan fingerprint density at radius 2 is 1.93 bits per heavy atom. The van der Waals surface area contributed by atoms with Gasteiger partial charge in [-0.15, -0.1) is 10.2 Å². The Morgan fingerprint density at radius 1 is 1.19 bits per heavy atom. The molecule has 0 aliphatic rings. The number of aromatic nitrogens is 3. The second kappa shape index (κ2) is 8.35. The van der Waals surface area contributed by atoms with Crippen molar-refractivity contribution >= 4 is 17.7 Å². The minimum atomic E-state index is -0.286. The maximum absolute atomic E-state index is 13.1. The minimum Gasteiger partial charge on any atom is -0.342 e. The van der Waals surface area contributed by atoms with E-state index in [0.717, 1.165) is 22.0 Å². The first-order valence-electron chi connectivity index (χ1n) is 8.68. The smallest absolute Gasteiger partial charge is 0.251 e. The molecule has 1 atom stereocenters. The number of nitrogens with one attached hydrogen (secondary N) is 1. The lowest BCUT2D eigenvalue weighted by molar-refractivity contribution is 0.0937. The summed E-state index contributed by atoms with van der Waals surface area (Å²) >= 11 is 1.61. The lowest BCUT2D eigenvalue weighted by atomic mass is 10.0.